The monoisotopic (exact) mass is 370 g/mol. The summed E-state index contributed by atoms with van der Waals surface area (Å²) in [5, 5.41) is 6.36. The molecule has 0 aliphatic rings. The smallest absolute Gasteiger partial charge is 0.407 e. The fourth-order valence-corrected chi connectivity index (χ4v) is 2.31. The highest BCUT2D eigenvalue weighted by atomic mass is 79.9. The zero-order chi connectivity index (χ0) is 16.8. The van der Waals surface area contributed by atoms with Gasteiger partial charge >= 0.3 is 6.09 Å². The molecule has 0 saturated carbocycles. The van der Waals surface area contributed by atoms with E-state index in [0.717, 1.165) is 10.9 Å². The molecule has 2 atom stereocenters. The lowest BCUT2D eigenvalue weighted by Gasteiger charge is -2.24. The van der Waals surface area contributed by atoms with Crippen molar-refractivity contribution in [1.29, 1.82) is 0 Å². The van der Waals surface area contributed by atoms with Gasteiger partial charge in [0.15, 0.2) is 0 Å². The number of hydrogen-bond acceptors (Lipinski definition) is 3. The Hall–Kier alpha value is -1.07. The molecule has 4 nitrogen and oxygen atoms in total. The maximum absolute atomic E-state index is 11.7. The average Bonchev–Trinajstić information content (AvgIpc) is 2.42. The Balaban J connectivity index is 2.47. The van der Waals surface area contributed by atoms with Gasteiger partial charge in [0, 0.05) is 23.1 Å². The van der Waals surface area contributed by atoms with Crippen LogP contribution in [0.2, 0.25) is 0 Å². The second-order valence-corrected chi connectivity index (χ2v) is 7.34. The van der Waals surface area contributed by atoms with Crippen LogP contribution in [0, 0.1) is 0 Å². The molecule has 1 amide bonds. The van der Waals surface area contributed by atoms with Gasteiger partial charge in [0.25, 0.3) is 0 Å². The summed E-state index contributed by atoms with van der Waals surface area (Å²) in [4.78, 5) is 11.7. The van der Waals surface area contributed by atoms with E-state index in [2.05, 4.69) is 52.5 Å². The number of carbonyl (C=O) groups excluding carboxylic acids is 1. The number of carbonyl (C=O) groups is 1. The third-order valence-corrected chi connectivity index (χ3v) is 3.77. The van der Waals surface area contributed by atoms with E-state index in [0.29, 0.717) is 6.54 Å². The van der Waals surface area contributed by atoms with Crippen LogP contribution in [0.15, 0.2) is 28.7 Å². The molecule has 1 aromatic rings. The molecule has 0 aromatic heterocycles. The molecule has 0 fully saturated rings. The van der Waals surface area contributed by atoms with Gasteiger partial charge in [-0.15, -0.1) is 0 Å². The molecule has 0 heterocycles. The van der Waals surface area contributed by atoms with Crippen molar-refractivity contribution in [3.05, 3.63) is 34.3 Å². The average molecular weight is 371 g/mol. The first-order chi connectivity index (χ1) is 10.2. The van der Waals surface area contributed by atoms with Gasteiger partial charge in [0.1, 0.15) is 5.60 Å². The first-order valence-corrected chi connectivity index (χ1v) is 8.49. The molecule has 22 heavy (non-hydrogen) atoms. The summed E-state index contributed by atoms with van der Waals surface area (Å²) >= 11 is 3.44. The molecule has 0 spiro atoms. The Morgan fingerprint density at radius 1 is 1.27 bits per heavy atom. The number of rotatable bonds is 6. The lowest BCUT2D eigenvalue weighted by molar-refractivity contribution is 0.0521. The Labute approximate surface area is 142 Å². The van der Waals surface area contributed by atoms with Crippen LogP contribution in [0.4, 0.5) is 4.79 Å². The Bertz CT molecular complexity index is 469. The van der Waals surface area contributed by atoms with E-state index in [1.807, 2.05) is 32.9 Å². The molecule has 0 aliphatic heterocycles. The van der Waals surface area contributed by atoms with E-state index in [4.69, 9.17) is 4.74 Å². The second kappa shape index (κ2) is 8.53. The summed E-state index contributed by atoms with van der Waals surface area (Å²) in [7, 11) is 0. The van der Waals surface area contributed by atoms with Gasteiger partial charge in [-0.3, -0.25) is 0 Å². The fourth-order valence-electron chi connectivity index (χ4n) is 2.04. The molecule has 0 aliphatic carbocycles. The third kappa shape index (κ3) is 7.27. The normalized spacial score (nSPS) is 14.3. The van der Waals surface area contributed by atoms with Crippen molar-refractivity contribution in [3.63, 3.8) is 0 Å². The summed E-state index contributed by atoms with van der Waals surface area (Å²) in [6.45, 7) is 10.3. The van der Waals surface area contributed by atoms with Crippen LogP contribution in [0.25, 0.3) is 0 Å². The van der Waals surface area contributed by atoms with Crippen LogP contribution in [0.5, 0.6) is 0 Å². The van der Waals surface area contributed by atoms with Crippen molar-refractivity contribution in [1.82, 2.24) is 10.6 Å². The molecule has 0 bridgehead atoms. The predicted octanol–water partition coefficient (Wildman–Crippen LogP) is 4.40. The van der Waals surface area contributed by atoms with Crippen molar-refractivity contribution in [3.8, 4) is 0 Å². The highest BCUT2D eigenvalue weighted by Gasteiger charge is 2.18. The van der Waals surface area contributed by atoms with Gasteiger partial charge in [-0.05, 0) is 51.8 Å². The SMILES string of the molecule is CCC(CNC(=O)OC(C)(C)C)NC(C)c1ccc(Br)cc1. The van der Waals surface area contributed by atoms with Crippen LogP contribution in [-0.4, -0.2) is 24.3 Å². The Kier molecular flexibility index (Phi) is 7.36. The minimum atomic E-state index is -0.468. The van der Waals surface area contributed by atoms with E-state index in [-0.39, 0.29) is 18.2 Å². The largest absolute Gasteiger partial charge is 0.444 e. The van der Waals surface area contributed by atoms with Gasteiger partial charge in [-0.25, -0.2) is 4.79 Å². The summed E-state index contributed by atoms with van der Waals surface area (Å²) < 4.78 is 6.32. The number of alkyl carbamates (subject to hydrolysis) is 1. The second-order valence-electron chi connectivity index (χ2n) is 6.43. The zero-order valence-corrected chi connectivity index (χ0v) is 15.7. The summed E-state index contributed by atoms with van der Waals surface area (Å²) in [5.41, 5.74) is 0.753. The van der Waals surface area contributed by atoms with E-state index in [9.17, 15) is 4.79 Å². The van der Waals surface area contributed by atoms with Crippen LogP contribution >= 0.6 is 15.9 Å². The van der Waals surface area contributed by atoms with Gasteiger partial charge < -0.3 is 15.4 Å². The molecule has 1 aromatic carbocycles. The minimum Gasteiger partial charge on any atom is -0.444 e. The number of halogens is 1. The third-order valence-electron chi connectivity index (χ3n) is 3.24. The van der Waals surface area contributed by atoms with Crippen LogP contribution in [-0.2, 0) is 4.74 Å². The Morgan fingerprint density at radius 2 is 1.86 bits per heavy atom. The van der Waals surface area contributed by atoms with E-state index >= 15 is 0 Å². The van der Waals surface area contributed by atoms with Crippen LogP contribution < -0.4 is 10.6 Å². The molecule has 0 radical (unpaired) electrons. The van der Waals surface area contributed by atoms with Crippen molar-refractivity contribution >= 4 is 22.0 Å². The Morgan fingerprint density at radius 3 is 2.36 bits per heavy atom. The number of hydrogen-bond donors (Lipinski definition) is 2. The van der Waals surface area contributed by atoms with E-state index in [1.54, 1.807) is 0 Å². The van der Waals surface area contributed by atoms with Gasteiger partial charge in [0.05, 0.1) is 0 Å². The quantitative estimate of drug-likeness (QED) is 0.779. The molecule has 5 heteroatoms. The van der Waals surface area contributed by atoms with Gasteiger partial charge in [-0.1, -0.05) is 35.0 Å². The van der Waals surface area contributed by atoms with E-state index in [1.165, 1.54) is 5.56 Å². The van der Waals surface area contributed by atoms with Crippen molar-refractivity contribution < 1.29 is 9.53 Å². The number of ether oxygens (including phenoxy) is 1. The van der Waals surface area contributed by atoms with Crippen LogP contribution in [0.1, 0.15) is 52.6 Å². The molecule has 0 saturated heterocycles. The van der Waals surface area contributed by atoms with Crippen molar-refractivity contribution in [2.45, 2.75) is 58.7 Å². The maximum atomic E-state index is 11.7. The van der Waals surface area contributed by atoms with Crippen molar-refractivity contribution in [2.24, 2.45) is 0 Å². The molecule has 124 valence electrons. The van der Waals surface area contributed by atoms with Crippen LogP contribution in [0.3, 0.4) is 0 Å². The first kappa shape index (κ1) is 19.0. The number of amides is 1. The van der Waals surface area contributed by atoms with E-state index < -0.39 is 5.60 Å². The number of nitrogens with one attached hydrogen (secondary N) is 2. The topological polar surface area (TPSA) is 50.4 Å². The summed E-state index contributed by atoms with van der Waals surface area (Å²) in [6.07, 6.45) is 0.556. The zero-order valence-electron chi connectivity index (χ0n) is 14.1. The molecule has 2 N–H and O–H groups in total. The fraction of sp³-hybridized carbons (Fsp3) is 0.588. The first-order valence-electron chi connectivity index (χ1n) is 7.69. The lowest BCUT2D eigenvalue weighted by Crippen LogP contribution is -2.43. The van der Waals surface area contributed by atoms with Gasteiger partial charge in [0.2, 0.25) is 0 Å². The molecule has 2 unspecified atom stereocenters. The minimum absolute atomic E-state index is 0.200. The molecule has 1 rings (SSSR count). The molecular formula is C17H27BrN2O2. The highest BCUT2D eigenvalue weighted by molar-refractivity contribution is 9.10. The maximum Gasteiger partial charge on any atom is 0.407 e. The summed E-state index contributed by atoms with van der Waals surface area (Å²) in [5.74, 6) is 0. The molecular weight excluding hydrogens is 344 g/mol. The van der Waals surface area contributed by atoms with Gasteiger partial charge in [-0.2, -0.15) is 0 Å². The predicted molar refractivity (Wildman–Crippen MR) is 94.0 cm³/mol. The highest BCUT2D eigenvalue weighted by Crippen LogP contribution is 2.17. The standard InChI is InChI=1S/C17H27BrN2O2/c1-6-15(11-19-16(21)22-17(3,4)5)20-12(2)13-7-9-14(18)10-8-13/h7-10,12,15,20H,6,11H2,1-5H3,(H,19,21). The lowest BCUT2D eigenvalue weighted by atomic mass is 10.1. The summed E-state index contributed by atoms with van der Waals surface area (Å²) in [6, 6.07) is 8.68. The number of benzene rings is 1. The van der Waals surface area contributed by atoms with Crippen molar-refractivity contribution in [2.75, 3.05) is 6.54 Å².